The lowest BCUT2D eigenvalue weighted by Crippen LogP contribution is -2.64. The summed E-state index contributed by atoms with van der Waals surface area (Å²) in [4.78, 5) is 11.3. The fraction of sp³-hybridized carbons (Fsp3) is 0.467. The van der Waals surface area contributed by atoms with Gasteiger partial charge < -0.3 is 29.8 Å². The van der Waals surface area contributed by atoms with E-state index in [2.05, 4.69) is 10.5 Å². The van der Waals surface area contributed by atoms with Gasteiger partial charge in [-0.25, -0.2) is 0 Å². The Morgan fingerprint density at radius 1 is 1.35 bits per heavy atom. The summed E-state index contributed by atoms with van der Waals surface area (Å²) in [6.45, 7) is 1.46. The van der Waals surface area contributed by atoms with Crippen molar-refractivity contribution in [2.75, 3.05) is 6.61 Å². The number of nitrogens with zero attached hydrogens (tertiary/aromatic N) is 1. The number of hydrogen-bond acceptors (Lipinski definition) is 7. The van der Waals surface area contributed by atoms with Gasteiger partial charge in [-0.3, -0.25) is 4.79 Å². The van der Waals surface area contributed by atoms with Crippen molar-refractivity contribution in [1.29, 1.82) is 0 Å². The van der Waals surface area contributed by atoms with Crippen LogP contribution in [0.1, 0.15) is 18.8 Å². The zero-order valence-corrected chi connectivity index (χ0v) is 12.5. The van der Waals surface area contributed by atoms with Crippen LogP contribution in [-0.4, -0.2) is 53.1 Å². The molecular formula is C15H18N2O6. The van der Waals surface area contributed by atoms with Crippen LogP contribution < -0.4 is 5.32 Å². The number of hydrogen-bond donors (Lipinski definition) is 3. The Balaban J connectivity index is 1.79. The molecule has 1 aromatic carbocycles. The van der Waals surface area contributed by atoms with Crippen LogP contribution in [0.4, 0.5) is 0 Å². The van der Waals surface area contributed by atoms with E-state index in [9.17, 15) is 9.90 Å². The van der Waals surface area contributed by atoms with Crippen molar-refractivity contribution in [3.63, 3.8) is 0 Å². The van der Waals surface area contributed by atoms with Crippen molar-refractivity contribution in [3.05, 3.63) is 35.9 Å². The van der Waals surface area contributed by atoms with E-state index in [4.69, 9.17) is 19.4 Å². The second kappa shape index (κ2) is 6.53. The van der Waals surface area contributed by atoms with E-state index >= 15 is 0 Å². The van der Waals surface area contributed by atoms with Gasteiger partial charge in [0, 0.05) is 12.5 Å². The molecule has 1 amide bonds. The molecule has 0 saturated carbocycles. The Morgan fingerprint density at radius 3 is 2.74 bits per heavy atom. The van der Waals surface area contributed by atoms with Gasteiger partial charge in [0.15, 0.2) is 12.4 Å². The lowest BCUT2D eigenvalue weighted by Gasteiger charge is -2.44. The minimum Gasteiger partial charge on any atom is -0.468 e. The quantitative estimate of drug-likeness (QED) is 0.528. The third kappa shape index (κ3) is 3.14. The van der Waals surface area contributed by atoms with E-state index in [1.165, 1.54) is 6.92 Å². The van der Waals surface area contributed by atoms with Crippen LogP contribution in [0.25, 0.3) is 0 Å². The third-order valence-corrected chi connectivity index (χ3v) is 3.80. The number of benzene rings is 1. The molecule has 0 spiro atoms. The predicted octanol–water partition coefficient (Wildman–Crippen LogP) is 0.153. The molecule has 2 fully saturated rings. The van der Waals surface area contributed by atoms with Crippen LogP contribution >= 0.6 is 0 Å². The van der Waals surface area contributed by atoms with E-state index < -0.39 is 30.6 Å². The molecule has 0 unspecified atom stereocenters. The number of amides is 1. The van der Waals surface area contributed by atoms with Gasteiger partial charge in [0.1, 0.15) is 18.2 Å². The van der Waals surface area contributed by atoms with Gasteiger partial charge in [-0.05, 0) is 0 Å². The highest BCUT2D eigenvalue weighted by atomic mass is 16.7. The highest BCUT2D eigenvalue weighted by molar-refractivity contribution is 5.88. The molecule has 8 nitrogen and oxygen atoms in total. The summed E-state index contributed by atoms with van der Waals surface area (Å²) in [5, 5.41) is 25.0. The van der Waals surface area contributed by atoms with Crippen LogP contribution in [0.2, 0.25) is 0 Å². The zero-order chi connectivity index (χ0) is 16.4. The molecule has 2 aliphatic heterocycles. The number of oxime groups is 1. The first-order valence-electron chi connectivity index (χ1n) is 7.26. The van der Waals surface area contributed by atoms with Crippen LogP contribution in [-0.2, 0) is 19.0 Å². The van der Waals surface area contributed by atoms with Crippen molar-refractivity contribution in [1.82, 2.24) is 5.32 Å². The lowest BCUT2D eigenvalue weighted by atomic mass is 9.96. The molecular weight excluding hydrogens is 304 g/mol. The normalized spacial score (nSPS) is 35.2. The van der Waals surface area contributed by atoms with E-state index in [1.807, 2.05) is 30.3 Å². The maximum absolute atomic E-state index is 11.3. The van der Waals surface area contributed by atoms with Crippen molar-refractivity contribution in [3.8, 4) is 0 Å². The van der Waals surface area contributed by atoms with Gasteiger partial charge in [-0.15, -0.1) is 0 Å². The predicted molar refractivity (Wildman–Crippen MR) is 77.7 cm³/mol. The van der Waals surface area contributed by atoms with E-state index in [0.717, 1.165) is 5.56 Å². The van der Waals surface area contributed by atoms with E-state index in [0.29, 0.717) is 0 Å². The molecule has 0 aromatic heterocycles. The fourth-order valence-corrected chi connectivity index (χ4v) is 2.75. The second-order valence-corrected chi connectivity index (χ2v) is 5.44. The summed E-state index contributed by atoms with van der Waals surface area (Å²) in [5.41, 5.74) is 0.816. The Hall–Kier alpha value is -2.16. The maximum Gasteiger partial charge on any atom is 0.251 e. The van der Waals surface area contributed by atoms with Crippen molar-refractivity contribution < 1.29 is 29.3 Å². The van der Waals surface area contributed by atoms with E-state index in [1.54, 1.807) is 0 Å². The molecule has 124 valence electrons. The standard InChI is InChI=1S/C15H18N2O6/c1-8(18)16-11-12(19)13-10(22-14(11)17-20)7-21-15(23-13)9-5-3-2-4-6-9/h2-6,10-13,15,19-20H,7H2,1H3,(H,16,18)/b17-14+/t10-,11-,12-,13-,15+/m1/s1. The molecule has 1 aromatic rings. The van der Waals surface area contributed by atoms with Crippen molar-refractivity contribution in [2.45, 2.75) is 37.6 Å². The van der Waals surface area contributed by atoms with Gasteiger partial charge in [0.05, 0.1) is 6.61 Å². The molecule has 3 N–H and O–H groups in total. The molecule has 5 atom stereocenters. The summed E-state index contributed by atoms with van der Waals surface area (Å²) in [6.07, 6.45) is -3.11. The summed E-state index contributed by atoms with van der Waals surface area (Å²) in [5.74, 6) is -0.553. The average Bonchev–Trinajstić information content (AvgIpc) is 2.57. The molecule has 2 saturated heterocycles. The number of aliphatic hydroxyl groups is 1. The largest absolute Gasteiger partial charge is 0.468 e. The molecule has 23 heavy (non-hydrogen) atoms. The second-order valence-electron chi connectivity index (χ2n) is 5.44. The van der Waals surface area contributed by atoms with Crippen LogP contribution in [0.3, 0.4) is 0 Å². The molecule has 2 aliphatic rings. The Labute approximate surface area is 132 Å². The molecule has 0 aliphatic carbocycles. The molecule has 0 bridgehead atoms. The highest BCUT2D eigenvalue weighted by Gasteiger charge is 2.49. The highest BCUT2D eigenvalue weighted by Crippen LogP contribution is 2.32. The Kier molecular flexibility index (Phi) is 4.46. The van der Waals surface area contributed by atoms with Gasteiger partial charge in [0.25, 0.3) is 5.90 Å². The third-order valence-electron chi connectivity index (χ3n) is 3.80. The van der Waals surface area contributed by atoms with Crippen LogP contribution in [0.5, 0.6) is 0 Å². The minimum absolute atomic E-state index is 0.160. The smallest absolute Gasteiger partial charge is 0.251 e. The first-order chi connectivity index (χ1) is 11.1. The number of ether oxygens (including phenoxy) is 3. The summed E-state index contributed by atoms with van der Waals surface area (Å²) >= 11 is 0. The lowest BCUT2D eigenvalue weighted by molar-refractivity contribution is -0.281. The number of rotatable bonds is 2. The van der Waals surface area contributed by atoms with Crippen LogP contribution in [0.15, 0.2) is 35.5 Å². The van der Waals surface area contributed by atoms with Gasteiger partial charge in [-0.2, -0.15) is 0 Å². The number of carbonyl (C=O) groups is 1. The fourth-order valence-electron chi connectivity index (χ4n) is 2.75. The first-order valence-corrected chi connectivity index (χ1v) is 7.26. The average molecular weight is 322 g/mol. The summed E-state index contributed by atoms with van der Waals surface area (Å²) in [7, 11) is 0. The first kappa shape index (κ1) is 15.7. The number of aliphatic hydroxyl groups excluding tert-OH is 1. The van der Waals surface area contributed by atoms with Gasteiger partial charge in [-0.1, -0.05) is 35.5 Å². The SMILES string of the molecule is CC(=O)N[C@H]1/C(=N\O)O[C@@H]2CO[C@H](c3ccccc3)O[C@H]2[C@@H]1O. The number of fused-ring (bicyclic) bond motifs is 1. The number of nitrogens with one attached hydrogen (secondary N) is 1. The maximum atomic E-state index is 11.3. The monoisotopic (exact) mass is 322 g/mol. The van der Waals surface area contributed by atoms with Crippen molar-refractivity contribution >= 4 is 11.8 Å². The van der Waals surface area contributed by atoms with Gasteiger partial charge in [0.2, 0.25) is 5.91 Å². The molecule has 3 rings (SSSR count). The summed E-state index contributed by atoms with van der Waals surface area (Å²) < 4.78 is 16.9. The van der Waals surface area contributed by atoms with Crippen molar-refractivity contribution in [2.24, 2.45) is 5.16 Å². The van der Waals surface area contributed by atoms with Crippen LogP contribution in [0, 0.1) is 0 Å². The Bertz CT molecular complexity index is 593. The minimum atomic E-state index is -1.13. The number of carbonyl (C=O) groups excluding carboxylic acids is 1. The molecule has 0 radical (unpaired) electrons. The zero-order valence-electron chi connectivity index (χ0n) is 12.5. The Morgan fingerprint density at radius 2 is 2.09 bits per heavy atom. The molecule has 8 heteroatoms. The molecule has 2 heterocycles. The topological polar surface area (TPSA) is 110 Å². The van der Waals surface area contributed by atoms with Gasteiger partial charge >= 0.3 is 0 Å². The van der Waals surface area contributed by atoms with E-state index in [-0.39, 0.29) is 18.4 Å². The summed E-state index contributed by atoms with van der Waals surface area (Å²) in [6, 6.07) is 8.33.